The Balaban J connectivity index is 1.83. The summed E-state index contributed by atoms with van der Waals surface area (Å²) in [6.45, 7) is 9.55. The van der Waals surface area contributed by atoms with Crippen LogP contribution in [0.5, 0.6) is 0 Å². The molecule has 0 radical (unpaired) electrons. The van der Waals surface area contributed by atoms with Gasteiger partial charge in [-0.05, 0) is 45.0 Å². The van der Waals surface area contributed by atoms with Crippen LogP contribution in [0, 0.1) is 0 Å². The fourth-order valence-electron chi connectivity index (χ4n) is 2.70. The zero-order valence-corrected chi connectivity index (χ0v) is 14.2. The van der Waals surface area contributed by atoms with E-state index in [-0.39, 0.29) is 18.2 Å². The van der Waals surface area contributed by atoms with E-state index in [1.54, 1.807) is 0 Å². The van der Waals surface area contributed by atoms with Gasteiger partial charge in [0, 0.05) is 37.6 Å². The van der Waals surface area contributed by atoms with Gasteiger partial charge < -0.3 is 25.0 Å². The molecule has 2 amide bonds. The number of hydrogen-bond acceptors (Lipinski definition) is 4. The molecule has 1 fully saturated rings. The second kappa shape index (κ2) is 8.74. The molecule has 0 saturated carbocycles. The van der Waals surface area contributed by atoms with Crippen molar-refractivity contribution in [1.29, 1.82) is 0 Å². The molecule has 1 aromatic carbocycles. The van der Waals surface area contributed by atoms with Gasteiger partial charge in [0.2, 0.25) is 0 Å². The predicted octanol–water partition coefficient (Wildman–Crippen LogP) is 2.46. The minimum Gasteiger partial charge on any atom is -0.380 e. The summed E-state index contributed by atoms with van der Waals surface area (Å²) in [5, 5.41) is 5.57. The lowest BCUT2D eigenvalue weighted by Crippen LogP contribution is -2.45. The Hall–Kier alpha value is -1.79. The van der Waals surface area contributed by atoms with E-state index < -0.39 is 0 Å². The van der Waals surface area contributed by atoms with Gasteiger partial charge in [0.15, 0.2) is 0 Å². The van der Waals surface area contributed by atoms with Crippen molar-refractivity contribution in [3.05, 3.63) is 24.3 Å². The standard InChI is InChI=1S/C17H27N3O3/c1-4-22-10-9-18-17(21)19-15-5-7-16(8-6-15)20-11-13(2)23-14(3)12-20/h5-8,13-14H,4,9-12H2,1-3H3,(H2,18,19,21). The molecule has 0 spiro atoms. The van der Waals surface area contributed by atoms with Crippen molar-refractivity contribution >= 4 is 17.4 Å². The lowest BCUT2D eigenvalue weighted by molar-refractivity contribution is -0.00521. The first-order valence-corrected chi connectivity index (χ1v) is 8.21. The summed E-state index contributed by atoms with van der Waals surface area (Å²) in [5.74, 6) is 0. The van der Waals surface area contributed by atoms with Gasteiger partial charge in [-0.3, -0.25) is 0 Å². The highest BCUT2D eigenvalue weighted by atomic mass is 16.5. The van der Waals surface area contributed by atoms with Gasteiger partial charge in [0.05, 0.1) is 18.8 Å². The third kappa shape index (κ3) is 5.73. The van der Waals surface area contributed by atoms with Crippen LogP contribution >= 0.6 is 0 Å². The Labute approximate surface area is 138 Å². The number of benzene rings is 1. The van der Waals surface area contributed by atoms with Crippen LogP contribution in [-0.4, -0.2) is 51.1 Å². The average Bonchev–Trinajstić information content (AvgIpc) is 2.51. The van der Waals surface area contributed by atoms with Gasteiger partial charge in [-0.1, -0.05) is 0 Å². The number of nitrogens with zero attached hydrogens (tertiary/aromatic N) is 1. The lowest BCUT2D eigenvalue weighted by Gasteiger charge is -2.36. The highest BCUT2D eigenvalue weighted by molar-refractivity contribution is 5.89. The van der Waals surface area contributed by atoms with Crippen LogP contribution in [-0.2, 0) is 9.47 Å². The quantitative estimate of drug-likeness (QED) is 0.790. The molecule has 128 valence electrons. The molecule has 2 N–H and O–H groups in total. The first-order chi connectivity index (χ1) is 11.1. The van der Waals surface area contributed by atoms with Gasteiger partial charge in [0.1, 0.15) is 0 Å². The first-order valence-electron chi connectivity index (χ1n) is 8.21. The zero-order valence-electron chi connectivity index (χ0n) is 14.2. The van der Waals surface area contributed by atoms with E-state index >= 15 is 0 Å². The number of carbonyl (C=O) groups excluding carboxylic acids is 1. The Morgan fingerprint density at radius 1 is 1.26 bits per heavy atom. The fraction of sp³-hybridized carbons (Fsp3) is 0.588. The lowest BCUT2D eigenvalue weighted by atomic mass is 10.2. The SMILES string of the molecule is CCOCCNC(=O)Nc1ccc(N2CC(C)OC(C)C2)cc1. The maximum atomic E-state index is 11.7. The molecule has 2 atom stereocenters. The largest absolute Gasteiger partial charge is 0.380 e. The van der Waals surface area contributed by atoms with Crippen LogP contribution < -0.4 is 15.5 Å². The minimum atomic E-state index is -0.217. The van der Waals surface area contributed by atoms with E-state index in [1.165, 1.54) is 0 Å². The van der Waals surface area contributed by atoms with E-state index in [0.29, 0.717) is 19.8 Å². The van der Waals surface area contributed by atoms with Gasteiger partial charge in [-0.15, -0.1) is 0 Å². The van der Waals surface area contributed by atoms with E-state index in [2.05, 4.69) is 29.4 Å². The summed E-state index contributed by atoms with van der Waals surface area (Å²) < 4.78 is 10.9. The van der Waals surface area contributed by atoms with Crippen molar-refractivity contribution in [1.82, 2.24) is 5.32 Å². The first kappa shape index (κ1) is 17.6. The van der Waals surface area contributed by atoms with Crippen molar-refractivity contribution in [3.8, 4) is 0 Å². The number of rotatable bonds is 6. The zero-order chi connectivity index (χ0) is 16.7. The Kier molecular flexibility index (Phi) is 6.67. The summed E-state index contributed by atoms with van der Waals surface area (Å²) in [6, 6.07) is 7.68. The number of ether oxygens (including phenoxy) is 2. The number of carbonyl (C=O) groups is 1. The summed E-state index contributed by atoms with van der Waals surface area (Å²) in [5.41, 5.74) is 1.92. The molecule has 0 aromatic heterocycles. The number of hydrogen-bond donors (Lipinski definition) is 2. The molecule has 1 aromatic rings. The number of anilines is 2. The van der Waals surface area contributed by atoms with Gasteiger partial charge in [-0.2, -0.15) is 0 Å². The molecule has 23 heavy (non-hydrogen) atoms. The molecule has 0 bridgehead atoms. The summed E-state index contributed by atoms with van der Waals surface area (Å²) >= 11 is 0. The Morgan fingerprint density at radius 3 is 2.52 bits per heavy atom. The fourth-order valence-corrected chi connectivity index (χ4v) is 2.70. The van der Waals surface area contributed by atoms with Gasteiger partial charge >= 0.3 is 6.03 Å². The highest BCUT2D eigenvalue weighted by Crippen LogP contribution is 2.22. The van der Waals surface area contributed by atoms with Crippen LogP contribution in [0.15, 0.2) is 24.3 Å². The van der Waals surface area contributed by atoms with Gasteiger partial charge in [0.25, 0.3) is 0 Å². The van der Waals surface area contributed by atoms with Crippen molar-refractivity contribution in [2.75, 3.05) is 43.1 Å². The predicted molar refractivity (Wildman–Crippen MR) is 92.2 cm³/mol. The molecular formula is C17H27N3O3. The molecule has 1 saturated heterocycles. The second-order valence-corrected chi connectivity index (χ2v) is 5.79. The number of amides is 2. The van der Waals surface area contributed by atoms with Crippen LogP contribution in [0.1, 0.15) is 20.8 Å². The van der Waals surface area contributed by atoms with E-state index in [4.69, 9.17) is 9.47 Å². The van der Waals surface area contributed by atoms with E-state index in [1.807, 2.05) is 31.2 Å². The molecule has 1 aliphatic rings. The number of urea groups is 1. The summed E-state index contributed by atoms with van der Waals surface area (Å²) in [7, 11) is 0. The van der Waals surface area contributed by atoms with Crippen LogP contribution in [0.4, 0.5) is 16.2 Å². The third-order valence-corrected chi connectivity index (χ3v) is 3.65. The van der Waals surface area contributed by atoms with Crippen LogP contribution in [0.25, 0.3) is 0 Å². The molecule has 0 aliphatic carbocycles. The molecule has 1 heterocycles. The van der Waals surface area contributed by atoms with Crippen molar-refractivity contribution in [2.45, 2.75) is 33.0 Å². The molecule has 6 nitrogen and oxygen atoms in total. The minimum absolute atomic E-state index is 0.217. The number of morpholine rings is 1. The van der Waals surface area contributed by atoms with Gasteiger partial charge in [-0.25, -0.2) is 4.79 Å². The molecule has 6 heteroatoms. The molecular weight excluding hydrogens is 294 g/mol. The smallest absolute Gasteiger partial charge is 0.319 e. The summed E-state index contributed by atoms with van der Waals surface area (Å²) in [6.07, 6.45) is 0.459. The van der Waals surface area contributed by atoms with Crippen LogP contribution in [0.3, 0.4) is 0 Å². The Morgan fingerprint density at radius 2 is 1.91 bits per heavy atom. The molecule has 2 rings (SSSR count). The normalized spacial score (nSPS) is 21.1. The maximum absolute atomic E-state index is 11.7. The number of nitrogens with one attached hydrogen (secondary N) is 2. The average molecular weight is 321 g/mol. The Bertz CT molecular complexity index is 482. The van der Waals surface area contributed by atoms with Crippen molar-refractivity contribution in [3.63, 3.8) is 0 Å². The topological polar surface area (TPSA) is 62.8 Å². The monoisotopic (exact) mass is 321 g/mol. The maximum Gasteiger partial charge on any atom is 0.319 e. The van der Waals surface area contributed by atoms with E-state index in [0.717, 1.165) is 24.5 Å². The van der Waals surface area contributed by atoms with E-state index in [9.17, 15) is 4.79 Å². The highest BCUT2D eigenvalue weighted by Gasteiger charge is 2.22. The second-order valence-electron chi connectivity index (χ2n) is 5.79. The van der Waals surface area contributed by atoms with Crippen molar-refractivity contribution in [2.24, 2.45) is 0 Å². The van der Waals surface area contributed by atoms with Crippen molar-refractivity contribution < 1.29 is 14.3 Å². The molecule has 2 unspecified atom stereocenters. The third-order valence-electron chi connectivity index (χ3n) is 3.65. The molecule has 1 aliphatic heterocycles. The van der Waals surface area contributed by atoms with Crippen LogP contribution in [0.2, 0.25) is 0 Å². The summed E-state index contributed by atoms with van der Waals surface area (Å²) in [4.78, 5) is 14.1.